The number of carbonyl (C=O) groups is 5. The molecule has 0 spiro atoms. The van der Waals surface area contributed by atoms with Crippen LogP contribution in [0.2, 0.25) is 0 Å². The number of anilines is 2. The third-order valence-electron chi connectivity index (χ3n) is 7.36. The summed E-state index contributed by atoms with van der Waals surface area (Å²) in [7, 11) is 1.44. The Balaban J connectivity index is 1.80. The van der Waals surface area contributed by atoms with Crippen LogP contribution in [-0.2, 0) is 46.7 Å². The summed E-state index contributed by atoms with van der Waals surface area (Å²) in [4.78, 5) is 66.4. The van der Waals surface area contributed by atoms with Crippen LogP contribution in [0.4, 0.5) is 21.0 Å². The molecule has 0 heterocycles. The molecule has 252 valence electrons. The number of hydrogen-bond donors (Lipinski definition) is 5. The van der Waals surface area contributed by atoms with Crippen LogP contribution in [0.25, 0.3) is 0 Å². The Kier molecular flexibility index (Phi) is 12.6. The average molecular weight is 663 g/mol. The van der Waals surface area contributed by atoms with Crippen molar-refractivity contribution < 1.29 is 24.0 Å². The standard InChI is InChI=1S/C36H38N8O5/c1-39-36(49)42-41-24-43(23-28-17-15-27(16-18-28)22-40-35(38)48)30-13-8-14-31(29(30)21-32(37)45)44(33(46)19-25-9-4-2-5-10-25)34(47)20-26-11-6-3-7-12-26/h2-18,24H,19-23H2,1H3,(H2,37,45)(H3,38,40,48)(H2,39,42,49)/b41-24+. The van der Waals surface area contributed by atoms with E-state index in [1.165, 1.54) is 13.4 Å². The fourth-order valence-corrected chi connectivity index (χ4v) is 5.05. The van der Waals surface area contributed by atoms with Crippen molar-refractivity contribution in [3.8, 4) is 0 Å². The number of amides is 7. The minimum Gasteiger partial charge on any atom is -0.369 e. The maximum Gasteiger partial charge on any atom is 0.334 e. The summed E-state index contributed by atoms with van der Waals surface area (Å²) in [5, 5.41) is 9.03. The van der Waals surface area contributed by atoms with E-state index < -0.39 is 29.8 Å². The van der Waals surface area contributed by atoms with E-state index in [1.54, 1.807) is 47.4 Å². The van der Waals surface area contributed by atoms with Gasteiger partial charge in [-0.15, -0.1) is 0 Å². The Morgan fingerprint density at radius 1 is 0.673 bits per heavy atom. The van der Waals surface area contributed by atoms with Gasteiger partial charge in [0.05, 0.1) is 24.9 Å². The van der Waals surface area contributed by atoms with Gasteiger partial charge in [-0.1, -0.05) is 91.0 Å². The molecule has 4 rings (SSSR count). The van der Waals surface area contributed by atoms with Gasteiger partial charge in [0, 0.05) is 31.4 Å². The monoisotopic (exact) mass is 662 g/mol. The van der Waals surface area contributed by atoms with Gasteiger partial charge in [0.15, 0.2) is 0 Å². The average Bonchev–Trinajstić information content (AvgIpc) is 3.08. The number of hydrogen-bond acceptors (Lipinski definition) is 6. The molecule has 7 amide bonds. The third kappa shape index (κ3) is 10.5. The number of urea groups is 2. The van der Waals surface area contributed by atoms with Crippen molar-refractivity contribution in [3.63, 3.8) is 0 Å². The molecule has 0 saturated carbocycles. The molecule has 4 aromatic carbocycles. The van der Waals surface area contributed by atoms with Gasteiger partial charge in [0.2, 0.25) is 17.7 Å². The Bertz CT molecular complexity index is 1740. The number of benzene rings is 4. The van der Waals surface area contributed by atoms with Crippen LogP contribution in [0, 0.1) is 0 Å². The molecule has 49 heavy (non-hydrogen) atoms. The van der Waals surface area contributed by atoms with E-state index in [-0.39, 0.29) is 38.0 Å². The third-order valence-corrected chi connectivity index (χ3v) is 7.36. The zero-order chi connectivity index (χ0) is 35.2. The molecule has 0 aromatic heterocycles. The molecule has 13 nitrogen and oxygen atoms in total. The summed E-state index contributed by atoms with van der Waals surface area (Å²) in [6, 6.07) is 29.2. The largest absolute Gasteiger partial charge is 0.369 e. The molecule has 0 aliphatic carbocycles. The molecule has 0 fully saturated rings. The number of rotatable bonds is 14. The van der Waals surface area contributed by atoms with Crippen molar-refractivity contribution in [2.45, 2.75) is 32.4 Å². The van der Waals surface area contributed by atoms with Crippen molar-refractivity contribution >= 4 is 47.5 Å². The van der Waals surface area contributed by atoms with Gasteiger partial charge >= 0.3 is 12.1 Å². The maximum absolute atomic E-state index is 14.0. The molecular formula is C36H38N8O5. The lowest BCUT2D eigenvalue weighted by Crippen LogP contribution is -2.40. The maximum atomic E-state index is 14.0. The molecule has 0 bridgehead atoms. The highest BCUT2D eigenvalue weighted by Gasteiger charge is 2.28. The van der Waals surface area contributed by atoms with Gasteiger partial charge in [-0.3, -0.25) is 14.4 Å². The number of nitrogens with one attached hydrogen (secondary N) is 3. The molecule has 0 radical (unpaired) electrons. The fourth-order valence-electron chi connectivity index (χ4n) is 5.05. The van der Waals surface area contributed by atoms with E-state index in [0.29, 0.717) is 22.4 Å². The highest BCUT2D eigenvalue weighted by Crippen LogP contribution is 2.33. The van der Waals surface area contributed by atoms with Gasteiger partial charge in [-0.25, -0.2) is 19.9 Å². The lowest BCUT2D eigenvalue weighted by molar-refractivity contribution is -0.126. The summed E-state index contributed by atoms with van der Waals surface area (Å²) < 4.78 is 0. The second-order valence-electron chi connectivity index (χ2n) is 11.0. The van der Waals surface area contributed by atoms with Crippen LogP contribution in [0.15, 0.2) is 108 Å². The molecule has 0 aliphatic heterocycles. The quantitative estimate of drug-likeness (QED) is 0.0782. The minimum absolute atomic E-state index is 0.0697. The fraction of sp³-hybridized carbons (Fsp3) is 0.167. The van der Waals surface area contributed by atoms with Crippen LogP contribution >= 0.6 is 0 Å². The summed E-state index contributed by atoms with van der Waals surface area (Å²) in [5.41, 5.74) is 17.3. The van der Waals surface area contributed by atoms with Crippen molar-refractivity contribution in [2.75, 3.05) is 16.8 Å². The Hall–Kier alpha value is -6.50. The zero-order valence-corrected chi connectivity index (χ0v) is 27.0. The van der Waals surface area contributed by atoms with E-state index in [2.05, 4.69) is 21.2 Å². The van der Waals surface area contributed by atoms with Gasteiger partial charge in [-0.2, -0.15) is 5.10 Å². The predicted octanol–water partition coefficient (Wildman–Crippen LogP) is 3.11. The van der Waals surface area contributed by atoms with Gasteiger partial charge < -0.3 is 27.0 Å². The smallest absolute Gasteiger partial charge is 0.334 e. The van der Waals surface area contributed by atoms with Gasteiger partial charge in [-0.05, 0) is 34.4 Å². The SMILES string of the molecule is CNC(=O)N/N=C/N(Cc1ccc(CNC(N)=O)cc1)c1cccc(N(C(=O)Cc2ccccc2)C(=O)Cc2ccccc2)c1CC(N)=O. The highest BCUT2D eigenvalue weighted by molar-refractivity contribution is 6.17. The lowest BCUT2D eigenvalue weighted by Gasteiger charge is -2.28. The summed E-state index contributed by atoms with van der Waals surface area (Å²) >= 11 is 0. The Morgan fingerprint density at radius 2 is 1.22 bits per heavy atom. The van der Waals surface area contributed by atoms with Gasteiger partial charge in [0.25, 0.3) is 0 Å². The summed E-state index contributed by atoms with van der Waals surface area (Å²) in [5.74, 6) is -1.67. The Morgan fingerprint density at radius 3 is 1.76 bits per heavy atom. The number of primary amides is 2. The van der Waals surface area contributed by atoms with Gasteiger partial charge in [0.1, 0.15) is 6.34 Å². The molecule has 0 unspecified atom stereocenters. The number of carbonyl (C=O) groups excluding carboxylic acids is 5. The second-order valence-corrected chi connectivity index (χ2v) is 11.0. The molecule has 13 heteroatoms. The van der Waals surface area contributed by atoms with Crippen molar-refractivity contribution in [1.82, 2.24) is 16.1 Å². The van der Waals surface area contributed by atoms with Crippen LogP contribution in [0.3, 0.4) is 0 Å². The van der Waals surface area contributed by atoms with Crippen molar-refractivity contribution in [1.29, 1.82) is 0 Å². The topological polar surface area (TPSA) is 192 Å². The summed E-state index contributed by atoms with van der Waals surface area (Å²) in [6.07, 6.45) is 0.910. The number of imide groups is 1. The van der Waals surface area contributed by atoms with E-state index in [9.17, 15) is 24.0 Å². The predicted molar refractivity (Wildman–Crippen MR) is 187 cm³/mol. The number of nitrogens with zero attached hydrogens (tertiary/aromatic N) is 3. The van der Waals surface area contributed by atoms with Crippen LogP contribution in [-0.4, -0.2) is 43.2 Å². The number of nitrogens with two attached hydrogens (primary N) is 2. The molecule has 4 aromatic rings. The molecule has 0 aliphatic rings. The first-order valence-electron chi connectivity index (χ1n) is 15.4. The molecule has 0 atom stereocenters. The summed E-state index contributed by atoms with van der Waals surface area (Å²) in [6.45, 7) is 0.430. The zero-order valence-electron chi connectivity index (χ0n) is 27.0. The normalized spacial score (nSPS) is 10.6. The van der Waals surface area contributed by atoms with E-state index in [4.69, 9.17) is 11.5 Å². The van der Waals surface area contributed by atoms with E-state index in [1.807, 2.05) is 60.7 Å². The van der Waals surface area contributed by atoms with Crippen LogP contribution < -0.4 is 37.3 Å². The van der Waals surface area contributed by atoms with Crippen LogP contribution in [0.1, 0.15) is 27.8 Å². The first-order valence-corrected chi connectivity index (χ1v) is 15.4. The van der Waals surface area contributed by atoms with E-state index in [0.717, 1.165) is 16.0 Å². The number of hydrazone groups is 1. The van der Waals surface area contributed by atoms with Crippen LogP contribution in [0.5, 0.6) is 0 Å². The highest BCUT2D eigenvalue weighted by atomic mass is 16.2. The molecular weight excluding hydrogens is 624 g/mol. The Labute approximate surface area is 284 Å². The second kappa shape index (κ2) is 17.4. The minimum atomic E-state index is -0.689. The molecule has 0 saturated heterocycles. The molecule has 7 N–H and O–H groups in total. The van der Waals surface area contributed by atoms with Crippen molar-refractivity contribution in [2.24, 2.45) is 16.6 Å². The lowest BCUT2D eigenvalue weighted by atomic mass is 10.0. The van der Waals surface area contributed by atoms with Crippen molar-refractivity contribution in [3.05, 3.63) is 131 Å². The first-order chi connectivity index (χ1) is 23.6. The van der Waals surface area contributed by atoms with E-state index >= 15 is 0 Å². The first kappa shape index (κ1) is 35.4.